The summed E-state index contributed by atoms with van der Waals surface area (Å²) in [6.45, 7) is 8.81. The van der Waals surface area contributed by atoms with Crippen LogP contribution in [0.2, 0.25) is 0 Å². The molecule has 1 aliphatic rings. The van der Waals surface area contributed by atoms with Gasteiger partial charge in [0.1, 0.15) is 0 Å². The lowest BCUT2D eigenvalue weighted by Gasteiger charge is -2.37. The second-order valence-electron chi connectivity index (χ2n) is 4.85. The average molecular weight is 259 g/mol. The monoisotopic (exact) mass is 259 g/mol. The van der Waals surface area contributed by atoms with E-state index in [1.54, 1.807) is 0 Å². The van der Waals surface area contributed by atoms with Crippen LogP contribution in [0.5, 0.6) is 0 Å². The van der Waals surface area contributed by atoms with Gasteiger partial charge in [-0.1, -0.05) is 12.8 Å². The quantitative estimate of drug-likeness (QED) is 0.640. The van der Waals surface area contributed by atoms with Crippen molar-refractivity contribution in [2.24, 2.45) is 0 Å². The van der Waals surface area contributed by atoms with Crippen molar-refractivity contribution >= 4 is 0 Å². The smallest absolute Gasteiger partial charge is 0.0695 e. The van der Waals surface area contributed by atoms with E-state index < -0.39 is 0 Å². The van der Waals surface area contributed by atoms with Crippen LogP contribution in [-0.4, -0.2) is 61.7 Å². The van der Waals surface area contributed by atoms with E-state index in [0.29, 0.717) is 6.04 Å². The van der Waals surface area contributed by atoms with Gasteiger partial charge >= 0.3 is 0 Å². The van der Waals surface area contributed by atoms with E-state index >= 15 is 0 Å². The van der Waals surface area contributed by atoms with Crippen LogP contribution in [0.4, 0.5) is 0 Å². The Balaban J connectivity index is 2.40. The maximum atomic E-state index is 10.1. The van der Waals surface area contributed by atoms with Crippen LogP contribution in [0.25, 0.3) is 0 Å². The van der Waals surface area contributed by atoms with Gasteiger partial charge in [-0.2, -0.15) is 0 Å². The Labute approximate surface area is 111 Å². The largest absolute Gasteiger partial charge is 0.391 e. The van der Waals surface area contributed by atoms with Crippen LogP contribution in [0, 0.1) is 0 Å². The number of hydrogen-bond acceptors (Lipinski definition) is 4. The summed E-state index contributed by atoms with van der Waals surface area (Å²) < 4.78 is 10.9. The molecule has 0 aliphatic heterocycles. The Morgan fingerprint density at radius 1 is 1.00 bits per heavy atom. The first-order valence-electron chi connectivity index (χ1n) is 7.37. The molecular weight excluding hydrogens is 230 g/mol. The van der Waals surface area contributed by atoms with Gasteiger partial charge in [0, 0.05) is 32.3 Å². The molecule has 1 fully saturated rings. The van der Waals surface area contributed by atoms with Crippen LogP contribution in [0.1, 0.15) is 39.5 Å². The number of ether oxygens (including phenoxy) is 2. The highest BCUT2D eigenvalue weighted by Gasteiger charge is 2.28. The van der Waals surface area contributed by atoms with Gasteiger partial charge < -0.3 is 14.6 Å². The molecule has 4 nitrogen and oxygen atoms in total. The van der Waals surface area contributed by atoms with E-state index in [1.807, 2.05) is 13.8 Å². The van der Waals surface area contributed by atoms with Gasteiger partial charge in [0.15, 0.2) is 0 Å². The Morgan fingerprint density at radius 3 is 2.06 bits per heavy atom. The average Bonchev–Trinajstić information content (AvgIpc) is 2.38. The fourth-order valence-electron chi connectivity index (χ4n) is 2.61. The second kappa shape index (κ2) is 9.73. The van der Waals surface area contributed by atoms with Crippen molar-refractivity contribution in [3.05, 3.63) is 0 Å². The number of hydrogen-bond donors (Lipinski definition) is 1. The lowest BCUT2D eigenvalue weighted by Crippen LogP contribution is -2.48. The van der Waals surface area contributed by atoms with Crippen molar-refractivity contribution in [2.75, 3.05) is 39.5 Å². The standard InChI is InChI=1S/C14H29NO3/c1-3-17-11-9-15(10-12-18-4-2)13-7-5-6-8-14(13)16/h13-14,16H,3-12H2,1-2H3/t13-,14-/m1/s1. The van der Waals surface area contributed by atoms with Crippen molar-refractivity contribution in [1.29, 1.82) is 0 Å². The van der Waals surface area contributed by atoms with Crippen molar-refractivity contribution in [2.45, 2.75) is 51.7 Å². The van der Waals surface area contributed by atoms with Crippen molar-refractivity contribution in [3.63, 3.8) is 0 Å². The predicted octanol–water partition coefficient (Wildman–Crippen LogP) is 1.66. The number of nitrogens with zero attached hydrogens (tertiary/aromatic N) is 1. The summed E-state index contributed by atoms with van der Waals surface area (Å²) in [6, 6.07) is 0.291. The molecule has 0 aromatic rings. The molecule has 1 rings (SSSR count). The highest BCUT2D eigenvalue weighted by Crippen LogP contribution is 2.23. The first-order valence-corrected chi connectivity index (χ1v) is 7.37. The highest BCUT2D eigenvalue weighted by atomic mass is 16.5. The molecule has 18 heavy (non-hydrogen) atoms. The molecule has 0 heterocycles. The van der Waals surface area contributed by atoms with Crippen molar-refractivity contribution < 1.29 is 14.6 Å². The third kappa shape index (κ3) is 5.65. The molecular formula is C14H29NO3. The lowest BCUT2D eigenvalue weighted by atomic mass is 9.91. The summed E-state index contributed by atoms with van der Waals surface area (Å²) in [5, 5.41) is 10.1. The molecule has 1 aliphatic carbocycles. The van der Waals surface area contributed by atoms with Gasteiger partial charge in [0.25, 0.3) is 0 Å². The molecule has 0 unspecified atom stereocenters. The molecule has 1 saturated carbocycles. The van der Waals surface area contributed by atoms with E-state index in [-0.39, 0.29) is 6.10 Å². The van der Waals surface area contributed by atoms with Gasteiger partial charge in [-0.25, -0.2) is 0 Å². The van der Waals surface area contributed by atoms with Crippen LogP contribution in [0.15, 0.2) is 0 Å². The van der Waals surface area contributed by atoms with Crippen molar-refractivity contribution in [3.8, 4) is 0 Å². The second-order valence-corrected chi connectivity index (χ2v) is 4.85. The minimum absolute atomic E-state index is 0.179. The summed E-state index contributed by atoms with van der Waals surface area (Å²) in [7, 11) is 0. The molecule has 108 valence electrons. The molecule has 1 N–H and O–H groups in total. The summed E-state index contributed by atoms with van der Waals surface area (Å²) in [5.41, 5.74) is 0. The minimum Gasteiger partial charge on any atom is -0.391 e. The Hall–Kier alpha value is -0.160. The maximum absolute atomic E-state index is 10.1. The SMILES string of the molecule is CCOCCN(CCOCC)[C@@H]1CCCC[C@H]1O. The Morgan fingerprint density at radius 2 is 1.56 bits per heavy atom. The third-order valence-corrected chi connectivity index (χ3v) is 3.62. The number of aliphatic hydroxyl groups excluding tert-OH is 1. The normalized spacial score (nSPS) is 24.7. The molecule has 0 radical (unpaired) electrons. The van der Waals surface area contributed by atoms with Crippen LogP contribution >= 0.6 is 0 Å². The molecule has 0 spiro atoms. The fourth-order valence-corrected chi connectivity index (χ4v) is 2.61. The fraction of sp³-hybridized carbons (Fsp3) is 1.00. The van der Waals surface area contributed by atoms with Crippen LogP contribution in [-0.2, 0) is 9.47 Å². The van der Waals surface area contributed by atoms with Gasteiger partial charge in [0.05, 0.1) is 19.3 Å². The molecule has 4 heteroatoms. The topological polar surface area (TPSA) is 41.9 Å². The van der Waals surface area contributed by atoms with E-state index in [0.717, 1.165) is 58.8 Å². The van der Waals surface area contributed by atoms with Gasteiger partial charge in [-0.15, -0.1) is 0 Å². The maximum Gasteiger partial charge on any atom is 0.0695 e. The van der Waals surface area contributed by atoms with Gasteiger partial charge in [-0.05, 0) is 26.7 Å². The molecule has 0 amide bonds. The van der Waals surface area contributed by atoms with E-state index in [1.165, 1.54) is 6.42 Å². The molecule has 0 aromatic heterocycles. The third-order valence-electron chi connectivity index (χ3n) is 3.62. The lowest BCUT2D eigenvalue weighted by molar-refractivity contribution is -0.00754. The van der Waals surface area contributed by atoms with Crippen LogP contribution in [0.3, 0.4) is 0 Å². The van der Waals surface area contributed by atoms with E-state index in [4.69, 9.17) is 9.47 Å². The first-order chi connectivity index (χ1) is 8.79. The predicted molar refractivity (Wildman–Crippen MR) is 72.8 cm³/mol. The van der Waals surface area contributed by atoms with Crippen molar-refractivity contribution in [1.82, 2.24) is 4.90 Å². The zero-order valence-corrected chi connectivity index (χ0v) is 11.9. The summed E-state index contributed by atoms with van der Waals surface area (Å²) in [6.07, 6.45) is 4.23. The summed E-state index contributed by atoms with van der Waals surface area (Å²) >= 11 is 0. The highest BCUT2D eigenvalue weighted by molar-refractivity contribution is 4.83. The Bertz CT molecular complexity index is 191. The Kier molecular flexibility index (Phi) is 8.59. The van der Waals surface area contributed by atoms with Crippen LogP contribution < -0.4 is 0 Å². The minimum atomic E-state index is -0.179. The zero-order valence-electron chi connectivity index (χ0n) is 11.9. The number of aliphatic hydroxyl groups is 1. The molecule has 0 bridgehead atoms. The van der Waals surface area contributed by atoms with Gasteiger partial charge in [0.2, 0.25) is 0 Å². The molecule has 2 atom stereocenters. The zero-order chi connectivity index (χ0) is 13.2. The first kappa shape index (κ1) is 15.9. The molecule has 0 saturated heterocycles. The molecule has 0 aromatic carbocycles. The van der Waals surface area contributed by atoms with E-state index in [9.17, 15) is 5.11 Å². The number of rotatable bonds is 9. The summed E-state index contributed by atoms with van der Waals surface area (Å²) in [5.74, 6) is 0. The summed E-state index contributed by atoms with van der Waals surface area (Å²) in [4.78, 5) is 2.34. The van der Waals surface area contributed by atoms with E-state index in [2.05, 4.69) is 4.90 Å². The van der Waals surface area contributed by atoms with Gasteiger partial charge in [-0.3, -0.25) is 4.90 Å².